The van der Waals surface area contributed by atoms with Gasteiger partial charge in [0, 0.05) is 18.3 Å². The molecule has 0 aliphatic heterocycles. The molecule has 0 aromatic carbocycles. The number of carbonyl (C=O) groups excluding carboxylic acids is 2. The van der Waals surface area contributed by atoms with Crippen LogP contribution in [0.25, 0.3) is 0 Å². The number of ketones is 2. The Morgan fingerprint density at radius 2 is 1.71 bits per heavy atom. The Hall–Kier alpha value is -1.18. The average molecular weight is 234 g/mol. The van der Waals surface area contributed by atoms with Crippen molar-refractivity contribution in [2.75, 3.05) is 0 Å². The van der Waals surface area contributed by atoms with Gasteiger partial charge in [-0.3, -0.25) is 9.59 Å². The summed E-state index contributed by atoms with van der Waals surface area (Å²) in [5.74, 6) is 0.672. The number of hydrogen-bond donors (Lipinski definition) is 0. The molecule has 2 heteroatoms. The lowest BCUT2D eigenvalue weighted by Crippen LogP contribution is -2.13. The van der Waals surface area contributed by atoms with E-state index in [4.69, 9.17) is 0 Å². The van der Waals surface area contributed by atoms with E-state index in [1.165, 1.54) is 0 Å². The second kappa shape index (κ2) is 5.95. The van der Waals surface area contributed by atoms with E-state index < -0.39 is 0 Å². The molecule has 17 heavy (non-hydrogen) atoms. The van der Waals surface area contributed by atoms with Crippen LogP contribution in [0.15, 0.2) is 23.3 Å². The molecule has 0 atom stereocenters. The van der Waals surface area contributed by atoms with E-state index in [9.17, 15) is 9.59 Å². The minimum atomic E-state index is 0.0634. The van der Waals surface area contributed by atoms with Crippen LogP contribution in [0, 0.1) is 11.8 Å². The predicted octanol–water partition coefficient (Wildman–Crippen LogP) is 3.47. The molecule has 1 aliphatic carbocycles. The number of allylic oxidation sites excluding steroid dienone is 4. The van der Waals surface area contributed by atoms with Gasteiger partial charge < -0.3 is 0 Å². The van der Waals surface area contributed by atoms with Crippen molar-refractivity contribution < 1.29 is 9.59 Å². The van der Waals surface area contributed by atoms with E-state index >= 15 is 0 Å². The van der Waals surface area contributed by atoms with Crippen LogP contribution >= 0.6 is 0 Å². The summed E-state index contributed by atoms with van der Waals surface area (Å²) in [5.41, 5.74) is 2.06. The van der Waals surface area contributed by atoms with Crippen molar-refractivity contribution >= 4 is 11.6 Å². The maximum absolute atomic E-state index is 11.8. The second-order valence-electron chi connectivity index (χ2n) is 5.33. The van der Waals surface area contributed by atoms with Crippen LogP contribution in [-0.2, 0) is 9.59 Å². The molecule has 0 fully saturated rings. The first-order chi connectivity index (χ1) is 7.91. The van der Waals surface area contributed by atoms with Gasteiger partial charge in [-0.1, -0.05) is 45.4 Å². The van der Waals surface area contributed by atoms with Crippen LogP contribution in [-0.4, -0.2) is 11.6 Å². The van der Waals surface area contributed by atoms with Crippen molar-refractivity contribution in [1.82, 2.24) is 0 Å². The van der Waals surface area contributed by atoms with E-state index in [2.05, 4.69) is 0 Å². The zero-order chi connectivity index (χ0) is 13.0. The van der Waals surface area contributed by atoms with Gasteiger partial charge in [0.05, 0.1) is 0 Å². The van der Waals surface area contributed by atoms with Gasteiger partial charge in [-0.2, -0.15) is 0 Å². The average Bonchev–Trinajstić information content (AvgIpc) is 2.28. The van der Waals surface area contributed by atoms with E-state index in [1.807, 2.05) is 39.8 Å². The summed E-state index contributed by atoms with van der Waals surface area (Å²) in [7, 11) is 0. The molecule has 0 radical (unpaired) electrons. The fourth-order valence-corrected chi connectivity index (χ4v) is 1.83. The van der Waals surface area contributed by atoms with Gasteiger partial charge in [0.15, 0.2) is 5.78 Å². The SMILES string of the molecule is CC(C)C(=O)CC1=CC=C(C(=O)C(C)C)CC1. The number of hydrogen-bond acceptors (Lipinski definition) is 2. The number of Topliss-reactive ketones (excluding diaryl/α,β-unsaturated/α-hetero) is 2. The van der Waals surface area contributed by atoms with Gasteiger partial charge >= 0.3 is 0 Å². The van der Waals surface area contributed by atoms with Crippen molar-refractivity contribution in [1.29, 1.82) is 0 Å². The Balaban J connectivity index is 2.65. The largest absolute Gasteiger partial charge is 0.299 e. The third-order valence-electron chi connectivity index (χ3n) is 3.12. The maximum Gasteiger partial charge on any atom is 0.161 e. The summed E-state index contributed by atoms with van der Waals surface area (Å²) in [4.78, 5) is 23.4. The summed E-state index contributed by atoms with van der Waals surface area (Å²) in [5, 5.41) is 0. The minimum absolute atomic E-state index is 0.0634. The molecular weight excluding hydrogens is 212 g/mol. The van der Waals surface area contributed by atoms with E-state index in [0.717, 1.165) is 24.0 Å². The normalized spacial score (nSPS) is 15.9. The summed E-state index contributed by atoms with van der Waals surface area (Å²) in [6, 6.07) is 0. The quantitative estimate of drug-likeness (QED) is 0.730. The fourth-order valence-electron chi connectivity index (χ4n) is 1.83. The summed E-state index contributed by atoms with van der Waals surface area (Å²) < 4.78 is 0. The van der Waals surface area contributed by atoms with E-state index in [-0.39, 0.29) is 23.4 Å². The lowest BCUT2D eigenvalue weighted by Gasteiger charge is -2.15. The fraction of sp³-hybridized carbons (Fsp3) is 0.600. The monoisotopic (exact) mass is 234 g/mol. The van der Waals surface area contributed by atoms with Crippen molar-refractivity contribution in [3.63, 3.8) is 0 Å². The Morgan fingerprint density at radius 3 is 2.12 bits per heavy atom. The lowest BCUT2D eigenvalue weighted by molar-refractivity contribution is -0.121. The third kappa shape index (κ3) is 3.95. The van der Waals surface area contributed by atoms with Crippen molar-refractivity contribution in [3.8, 4) is 0 Å². The summed E-state index contributed by atoms with van der Waals surface area (Å²) >= 11 is 0. The van der Waals surface area contributed by atoms with E-state index in [0.29, 0.717) is 6.42 Å². The molecule has 1 aliphatic rings. The van der Waals surface area contributed by atoms with Crippen LogP contribution < -0.4 is 0 Å². The highest BCUT2D eigenvalue weighted by Crippen LogP contribution is 2.24. The molecule has 0 saturated heterocycles. The van der Waals surface area contributed by atoms with Crippen LogP contribution in [0.1, 0.15) is 47.0 Å². The van der Waals surface area contributed by atoms with Gasteiger partial charge in [-0.25, -0.2) is 0 Å². The van der Waals surface area contributed by atoms with Gasteiger partial charge in [-0.15, -0.1) is 0 Å². The van der Waals surface area contributed by atoms with Gasteiger partial charge in [-0.05, 0) is 18.4 Å². The van der Waals surface area contributed by atoms with Gasteiger partial charge in [0.25, 0.3) is 0 Å². The third-order valence-corrected chi connectivity index (χ3v) is 3.12. The first-order valence-electron chi connectivity index (χ1n) is 6.37. The molecule has 0 amide bonds. The lowest BCUT2D eigenvalue weighted by atomic mass is 9.88. The number of rotatable bonds is 5. The molecule has 0 aromatic heterocycles. The van der Waals surface area contributed by atoms with Crippen molar-refractivity contribution in [2.45, 2.75) is 47.0 Å². The molecule has 0 N–H and O–H groups in total. The minimum Gasteiger partial charge on any atom is -0.299 e. The van der Waals surface area contributed by atoms with Crippen LogP contribution in [0.3, 0.4) is 0 Å². The highest BCUT2D eigenvalue weighted by atomic mass is 16.1. The summed E-state index contributed by atoms with van der Waals surface area (Å²) in [6.07, 6.45) is 6.03. The molecule has 0 saturated carbocycles. The smallest absolute Gasteiger partial charge is 0.161 e. The maximum atomic E-state index is 11.8. The molecule has 0 bridgehead atoms. The Kier molecular flexibility index (Phi) is 4.86. The standard InChI is InChI=1S/C15H22O2/c1-10(2)14(16)9-12-5-7-13(8-6-12)15(17)11(3)4/h5,7,10-11H,6,8-9H2,1-4H3. The number of carbonyl (C=O) groups is 2. The zero-order valence-corrected chi connectivity index (χ0v) is 11.2. The van der Waals surface area contributed by atoms with Gasteiger partial charge in [0.2, 0.25) is 0 Å². The highest BCUT2D eigenvalue weighted by Gasteiger charge is 2.17. The molecular formula is C15H22O2. The Bertz CT molecular complexity index is 370. The first kappa shape index (κ1) is 13.9. The van der Waals surface area contributed by atoms with Gasteiger partial charge in [0.1, 0.15) is 5.78 Å². The molecule has 94 valence electrons. The molecule has 0 heterocycles. The topological polar surface area (TPSA) is 34.1 Å². The summed E-state index contributed by atoms with van der Waals surface area (Å²) in [6.45, 7) is 7.69. The second-order valence-corrected chi connectivity index (χ2v) is 5.33. The molecule has 2 nitrogen and oxygen atoms in total. The van der Waals surface area contributed by atoms with E-state index in [1.54, 1.807) is 0 Å². The zero-order valence-electron chi connectivity index (χ0n) is 11.2. The highest BCUT2D eigenvalue weighted by molar-refractivity contribution is 5.97. The predicted molar refractivity (Wildman–Crippen MR) is 69.7 cm³/mol. The Labute approximate surface area is 104 Å². The molecule has 0 unspecified atom stereocenters. The van der Waals surface area contributed by atoms with Crippen molar-refractivity contribution in [2.24, 2.45) is 11.8 Å². The Morgan fingerprint density at radius 1 is 1.06 bits per heavy atom. The van der Waals surface area contributed by atoms with Crippen LogP contribution in [0.5, 0.6) is 0 Å². The van der Waals surface area contributed by atoms with Crippen LogP contribution in [0.2, 0.25) is 0 Å². The van der Waals surface area contributed by atoms with Crippen molar-refractivity contribution in [3.05, 3.63) is 23.3 Å². The van der Waals surface area contributed by atoms with Crippen LogP contribution in [0.4, 0.5) is 0 Å². The first-order valence-corrected chi connectivity index (χ1v) is 6.37. The molecule has 0 aromatic rings. The molecule has 0 spiro atoms. The molecule has 1 rings (SSSR count).